The molecule has 1 amide bonds. The Morgan fingerprint density at radius 2 is 2.30 bits per heavy atom. The van der Waals surface area contributed by atoms with E-state index in [4.69, 9.17) is 0 Å². The third-order valence-corrected chi connectivity index (χ3v) is 1.50. The van der Waals surface area contributed by atoms with Gasteiger partial charge in [-0.3, -0.25) is 0 Å². The first kappa shape index (κ1) is 9.87. The Balaban J connectivity index is 0.000000810. The van der Waals surface area contributed by atoms with E-state index in [2.05, 4.69) is 23.9 Å². The molecule has 0 spiro atoms. The first-order valence-corrected chi connectivity index (χ1v) is 3.13. The second-order valence-electron chi connectivity index (χ2n) is 2.59. The minimum absolute atomic E-state index is 0. The van der Waals surface area contributed by atoms with E-state index < -0.39 is 0 Å². The van der Waals surface area contributed by atoms with Crippen LogP contribution < -0.4 is 5.32 Å². The number of hydrogen-bond donors (Lipinski definition) is 1. The fourth-order valence-electron chi connectivity index (χ4n) is 0.759. The number of alkyl carbamates (subject to hydrolysis) is 1. The van der Waals surface area contributed by atoms with E-state index in [9.17, 15) is 4.79 Å². The van der Waals surface area contributed by atoms with Gasteiger partial charge in [-0.2, -0.15) is 0 Å². The predicted molar refractivity (Wildman–Crippen MR) is 40.3 cm³/mol. The first-order valence-electron chi connectivity index (χ1n) is 3.13. The number of hydrogen-bond acceptors (Lipinski definition) is 2. The molecule has 10 heavy (non-hydrogen) atoms. The number of nitrogens with one attached hydrogen (secondary N) is 1. The fraction of sp³-hybridized carbons (Fsp3) is 0.833. The van der Waals surface area contributed by atoms with Gasteiger partial charge >= 0.3 is 25.0 Å². The van der Waals surface area contributed by atoms with Crippen molar-refractivity contribution >= 4 is 25.0 Å². The Morgan fingerprint density at radius 1 is 1.70 bits per heavy atom. The monoisotopic (exact) mass is 137 g/mol. The summed E-state index contributed by atoms with van der Waals surface area (Å²) in [5, 5.41) is 2.69. The fourth-order valence-corrected chi connectivity index (χ4v) is 0.759. The number of amides is 1. The third kappa shape index (κ3) is 2.24. The molecule has 0 bridgehead atoms. The van der Waals surface area contributed by atoms with Crippen LogP contribution in [0.3, 0.4) is 0 Å². The molecule has 1 rings (SSSR count). The van der Waals surface area contributed by atoms with Crippen molar-refractivity contribution in [3.63, 3.8) is 0 Å². The van der Waals surface area contributed by atoms with E-state index in [1.54, 1.807) is 0 Å². The number of rotatable bonds is 1. The summed E-state index contributed by atoms with van der Waals surface area (Å²) in [6.45, 7) is 4.63. The van der Waals surface area contributed by atoms with E-state index in [1.165, 1.54) is 0 Å². The Bertz CT molecular complexity index is 127. The molecular weight excluding hydrogens is 125 g/mol. The van der Waals surface area contributed by atoms with Crippen LogP contribution in [0.2, 0.25) is 0 Å². The Kier molecular flexibility index (Phi) is 3.85. The van der Waals surface area contributed by atoms with Gasteiger partial charge in [-0.15, -0.1) is 0 Å². The predicted octanol–water partition coefficient (Wildman–Crippen LogP) is 0.102. The molecule has 0 aromatic heterocycles. The molecule has 0 aliphatic carbocycles. The first-order chi connectivity index (χ1) is 4.20. The van der Waals surface area contributed by atoms with Gasteiger partial charge in [0.05, 0.1) is 6.04 Å². The maximum absolute atomic E-state index is 10.4. The summed E-state index contributed by atoms with van der Waals surface area (Å²) in [6.07, 6.45) is -0.284. The minimum atomic E-state index is -0.284. The molecule has 0 aromatic rings. The number of carbonyl (C=O) groups excluding carboxylic acids is 1. The standard InChI is InChI=1S/C6H11NO2.Li.H/c1-4(2)5-3-9-6(8)7-5;;/h4-5H,3H2,1-2H3,(H,7,8);;/t5-;;/m0../s1. The topological polar surface area (TPSA) is 38.3 Å². The SMILES string of the molecule is CC(C)[C@@H]1COC(=O)N1.[LiH]. The van der Waals surface area contributed by atoms with E-state index in [0.717, 1.165) is 0 Å². The van der Waals surface area contributed by atoms with Crippen molar-refractivity contribution in [3.8, 4) is 0 Å². The van der Waals surface area contributed by atoms with Crippen molar-refractivity contribution in [1.29, 1.82) is 0 Å². The molecule has 0 saturated carbocycles. The summed E-state index contributed by atoms with van der Waals surface area (Å²) in [5.74, 6) is 0.469. The van der Waals surface area contributed by atoms with E-state index >= 15 is 0 Å². The molecule has 1 aliphatic rings. The maximum atomic E-state index is 10.4. The van der Waals surface area contributed by atoms with Crippen LogP contribution in [0.5, 0.6) is 0 Å². The van der Waals surface area contributed by atoms with Crippen LogP contribution in [0.1, 0.15) is 13.8 Å². The van der Waals surface area contributed by atoms with Crippen molar-refractivity contribution in [2.45, 2.75) is 19.9 Å². The van der Waals surface area contributed by atoms with Gasteiger partial charge in [-0.25, -0.2) is 4.79 Å². The van der Waals surface area contributed by atoms with Crippen molar-refractivity contribution in [3.05, 3.63) is 0 Å². The molecule has 1 saturated heterocycles. The van der Waals surface area contributed by atoms with Crippen LogP contribution in [0.25, 0.3) is 0 Å². The molecular formula is C6H12LiNO2. The summed E-state index contributed by atoms with van der Waals surface area (Å²) < 4.78 is 4.68. The summed E-state index contributed by atoms with van der Waals surface area (Å²) in [4.78, 5) is 10.4. The molecule has 1 fully saturated rings. The van der Waals surface area contributed by atoms with Gasteiger partial charge in [0.15, 0.2) is 0 Å². The zero-order valence-electron chi connectivity index (χ0n) is 5.68. The summed E-state index contributed by atoms with van der Waals surface area (Å²) >= 11 is 0. The van der Waals surface area contributed by atoms with E-state index in [0.29, 0.717) is 12.5 Å². The van der Waals surface area contributed by atoms with Gasteiger partial charge in [-0.1, -0.05) is 13.8 Å². The quantitative estimate of drug-likeness (QED) is 0.520. The number of ether oxygens (including phenoxy) is 1. The van der Waals surface area contributed by atoms with E-state index in [-0.39, 0.29) is 31.0 Å². The van der Waals surface area contributed by atoms with Gasteiger partial charge in [0.25, 0.3) is 0 Å². The zero-order valence-corrected chi connectivity index (χ0v) is 5.68. The molecule has 1 atom stereocenters. The second kappa shape index (κ2) is 3.90. The normalized spacial score (nSPS) is 23.5. The van der Waals surface area contributed by atoms with Crippen LogP contribution in [-0.4, -0.2) is 37.6 Å². The van der Waals surface area contributed by atoms with Gasteiger partial charge in [0.1, 0.15) is 6.61 Å². The van der Waals surface area contributed by atoms with Crippen LogP contribution in [0.15, 0.2) is 0 Å². The van der Waals surface area contributed by atoms with Crippen LogP contribution >= 0.6 is 0 Å². The Labute approximate surface area is 72.7 Å². The summed E-state index contributed by atoms with van der Waals surface area (Å²) in [7, 11) is 0. The summed E-state index contributed by atoms with van der Waals surface area (Å²) in [6, 6.07) is 0.220. The second-order valence-corrected chi connectivity index (χ2v) is 2.59. The van der Waals surface area contributed by atoms with Crippen molar-refractivity contribution in [1.82, 2.24) is 5.32 Å². The van der Waals surface area contributed by atoms with Crippen molar-refractivity contribution in [2.24, 2.45) is 5.92 Å². The number of cyclic esters (lactones) is 1. The Hall–Kier alpha value is -0.133. The van der Waals surface area contributed by atoms with E-state index in [1.807, 2.05) is 0 Å². The van der Waals surface area contributed by atoms with Gasteiger partial charge in [0, 0.05) is 0 Å². The molecule has 1 N–H and O–H groups in total. The Morgan fingerprint density at radius 3 is 2.50 bits per heavy atom. The van der Waals surface area contributed by atoms with Gasteiger partial charge < -0.3 is 10.1 Å². The molecule has 0 aromatic carbocycles. The molecule has 4 heteroatoms. The molecule has 0 radical (unpaired) electrons. The van der Waals surface area contributed by atoms with Gasteiger partial charge in [0.2, 0.25) is 0 Å². The zero-order chi connectivity index (χ0) is 6.85. The van der Waals surface area contributed by atoms with Crippen molar-refractivity contribution in [2.75, 3.05) is 6.61 Å². The van der Waals surface area contributed by atoms with Crippen LogP contribution in [0.4, 0.5) is 4.79 Å². The molecule has 54 valence electrons. The average molecular weight is 137 g/mol. The molecule has 3 nitrogen and oxygen atoms in total. The van der Waals surface area contributed by atoms with Crippen molar-refractivity contribution < 1.29 is 9.53 Å². The molecule has 1 aliphatic heterocycles. The average Bonchev–Trinajstić information content (AvgIpc) is 2.14. The molecule has 0 unspecified atom stereocenters. The van der Waals surface area contributed by atoms with Gasteiger partial charge in [-0.05, 0) is 5.92 Å². The summed E-state index contributed by atoms with van der Waals surface area (Å²) in [5.41, 5.74) is 0. The third-order valence-electron chi connectivity index (χ3n) is 1.50. The number of carbonyl (C=O) groups is 1. The van der Waals surface area contributed by atoms with Crippen LogP contribution in [-0.2, 0) is 4.74 Å². The van der Waals surface area contributed by atoms with Crippen LogP contribution in [0, 0.1) is 5.92 Å². The molecule has 1 heterocycles.